The summed E-state index contributed by atoms with van der Waals surface area (Å²) in [6.07, 6.45) is 1.81. The van der Waals surface area contributed by atoms with Gasteiger partial charge in [0, 0.05) is 12.6 Å². The van der Waals surface area contributed by atoms with Crippen molar-refractivity contribution in [3.8, 4) is 11.4 Å². The van der Waals surface area contributed by atoms with Crippen LogP contribution in [0, 0.1) is 6.92 Å². The van der Waals surface area contributed by atoms with Gasteiger partial charge in [-0.1, -0.05) is 30.3 Å². The van der Waals surface area contributed by atoms with E-state index in [1.807, 2.05) is 50.5 Å². The number of nitrogens with one attached hydrogen (secondary N) is 1. The van der Waals surface area contributed by atoms with Gasteiger partial charge < -0.3 is 5.32 Å². The number of aromatic nitrogens is 2. The molecule has 1 aromatic carbocycles. The van der Waals surface area contributed by atoms with Crippen molar-refractivity contribution in [3.63, 3.8) is 0 Å². The van der Waals surface area contributed by atoms with Crippen molar-refractivity contribution in [2.45, 2.75) is 6.92 Å². The first-order valence-electron chi connectivity index (χ1n) is 4.88. The van der Waals surface area contributed by atoms with Crippen molar-refractivity contribution in [1.82, 2.24) is 9.97 Å². The van der Waals surface area contributed by atoms with E-state index in [9.17, 15) is 0 Å². The minimum Gasteiger partial charge on any atom is -0.385 e. The van der Waals surface area contributed by atoms with E-state index in [-0.39, 0.29) is 0 Å². The molecule has 1 aromatic heterocycles. The van der Waals surface area contributed by atoms with E-state index in [4.69, 9.17) is 0 Å². The molecule has 3 nitrogen and oxygen atoms in total. The van der Waals surface area contributed by atoms with Crippen LogP contribution in [0.1, 0.15) is 5.69 Å². The van der Waals surface area contributed by atoms with Crippen LogP contribution in [0.4, 0.5) is 5.69 Å². The molecule has 0 aliphatic heterocycles. The lowest BCUT2D eigenvalue weighted by molar-refractivity contribution is 1.11. The predicted molar refractivity (Wildman–Crippen MR) is 61.8 cm³/mol. The molecule has 0 radical (unpaired) electrons. The molecule has 0 aliphatic rings. The third-order valence-corrected chi connectivity index (χ3v) is 2.28. The van der Waals surface area contributed by atoms with Crippen molar-refractivity contribution in [3.05, 3.63) is 42.2 Å². The molecule has 3 heteroatoms. The second kappa shape index (κ2) is 4.09. The average molecular weight is 199 g/mol. The highest BCUT2D eigenvalue weighted by Gasteiger charge is 2.03. The Kier molecular flexibility index (Phi) is 2.63. The van der Waals surface area contributed by atoms with E-state index in [1.54, 1.807) is 0 Å². The molecule has 2 rings (SSSR count). The topological polar surface area (TPSA) is 37.8 Å². The number of hydrogen-bond donors (Lipinski definition) is 1. The van der Waals surface area contributed by atoms with Crippen LogP contribution in [0.15, 0.2) is 36.5 Å². The Morgan fingerprint density at radius 1 is 1.13 bits per heavy atom. The Hall–Kier alpha value is -1.90. The summed E-state index contributed by atoms with van der Waals surface area (Å²) in [5.41, 5.74) is 2.98. The van der Waals surface area contributed by atoms with Gasteiger partial charge in [0.2, 0.25) is 0 Å². The molecule has 0 unspecified atom stereocenters. The minimum atomic E-state index is 0.770. The number of benzene rings is 1. The highest BCUT2D eigenvalue weighted by Crippen LogP contribution is 2.17. The lowest BCUT2D eigenvalue weighted by Gasteiger charge is -2.05. The Morgan fingerprint density at radius 2 is 1.87 bits per heavy atom. The number of rotatable bonds is 2. The summed E-state index contributed by atoms with van der Waals surface area (Å²) in [6, 6.07) is 9.97. The molecule has 1 heterocycles. The third kappa shape index (κ3) is 1.96. The molecule has 0 saturated heterocycles. The van der Waals surface area contributed by atoms with Gasteiger partial charge in [-0.05, 0) is 6.92 Å². The molecule has 15 heavy (non-hydrogen) atoms. The SMILES string of the molecule is CNc1cnc(-c2ccccc2)nc1C. The fourth-order valence-electron chi connectivity index (χ4n) is 1.44. The van der Waals surface area contributed by atoms with Gasteiger partial charge in [0.1, 0.15) is 0 Å². The first-order valence-corrected chi connectivity index (χ1v) is 4.88. The zero-order valence-electron chi connectivity index (χ0n) is 8.86. The first kappa shape index (κ1) is 9.65. The van der Waals surface area contributed by atoms with Gasteiger partial charge in [-0.2, -0.15) is 0 Å². The van der Waals surface area contributed by atoms with Gasteiger partial charge in [0.05, 0.1) is 17.6 Å². The largest absolute Gasteiger partial charge is 0.385 e. The molecule has 0 fully saturated rings. The number of aryl methyl sites for hydroxylation is 1. The summed E-state index contributed by atoms with van der Waals surface area (Å²) in [6.45, 7) is 1.97. The summed E-state index contributed by atoms with van der Waals surface area (Å²) < 4.78 is 0. The smallest absolute Gasteiger partial charge is 0.159 e. The molecule has 0 spiro atoms. The fraction of sp³-hybridized carbons (Fsp3) is 0.167. The third-order valence-electron chi connectivity index (χ3n) is 2.28. The average Bonchev–Trinajstić information content (AvgIpc) is 2.30. The van der Waals surface area contributed by atoms with Crippen LogP contribution in [0.3, 0.4) is 0 Å². The lowest BCUT2D eigenvalue weighted by Crippen LogP contribution is -1.98. The van der Waals surface area contributed by atoms with Crippen LogP contribution >= 0.6 is 0 Å². The summed E-state index contributed by atoms with van der Waals surface area (Å²) in [4.78, 5) is 8.75. The van der Waals surface area contributed by atoms with Crippen LogP contribution < -0.4 is 5.32 Å². The van der Waals surface area contributed by atoms with E-state index < -0.39 is 0 Å². The molecule has 0 aliphatic carbocycles. The summed E-state index contributed by atoms with van der Waals surface area (Å²) >= 11 is 0. The molecule has 0 amide bonds. The maximum atomic E-state index is 4.44. The molecule has 1 N–H and O–H groups in total. The van der Waals surface area contributed by atoms with Gasteiger partial charge in [0.15, 0.2) is 5.82 Å². The lowest BCUT2D eigenvalue weighted by atomic mass is 10.2. The number of anilines is 1. The van der Waals surface area contributed by atoms with Gasteiger partial charge >= 0.3 is 0 Å². The molecular formula is C12H13N3. The maximum absolute atomic E-state index is 4.44. The monoisotopic (exact) mass is 199 g/mol. The predicted octanol–water partition coefficient (Wildman–Crippen LogP) is 2.49. The van der Waals surface area contributed by atoms with Crippen LogP contribution in [0.25, 0.3) is 11.4 Å². The second-order valence-electron chi connectivity index (χ2n) is 3.31. The van der Waals surface area contributed by atoms with Crippen LogP contribution in [0.5, 0.6) is 0 Å². The highest BCUT2D eigenvalue weighted by molar-refractivity contribution is 5.57. The molecule has 0 atom stereocenters. The van der Waals surface area contributed by atoms with Gasteiger partial charge in [-0.15, -0.1) is 0 Å². The summed E-state index contributed by atoms with van der Waals surface area (Å²) in [5.74, 6) is 0.770. The van der Waals surface area contributed by atoms with Crippen LogP contribution in [0.2, 0.25) is 0 Å². The van der Waals surface area contributed by atoms with E-state index in [0.717, 1.165) is 22.8 Å². The van der Waals surface area contributed by atoms with E-state index >= 15 is 0 Å². The normalized spacial score (nSPS) is 10.0. The minimum absolute atomic E-state index is 0.770. The van der Waals surface area contributed by atoms with Gasteiger partial charge in [-0.25, -0.2) is 9.97 Å². The van der Waals surface area contributed by atoms with Crippen molar-refractivity contribution >= 4 is 5.69 Å². The van der Waals surface area contributed by atoms with Crippen molar-refractivity contribution in [2.24, 2.45) is 0 Å². The van der Waals surface area contributed by atoms with Crippen molar-refractivity contribution in [2.75, 3.05) is 12.4 Å². The van der Waals surface area contributed by atoms with Crippen molar-refractivity contribution < 1.29 is 0 Å². The van der Waals surface area contributed by atoms with E-state index in [1.165, 1.54) is 0 Å². The molecule has 76 valence electrons. The Labute approximate surface area is 89.2 Å². The summed E-state index contributed by atoms with van der Waals surface area (Å²) in [7, 11) is 1.87. The Bertz CT molecular complexity index is 452. The zero-order chi connectivity index (χ0) is 10.7. The highest BCUT2D eigenvalue weighted by atomic mass is 14.9. The van der Waals surface area contributed by atoms with E-state index in [0.29, 0.717) is 0 Å². The Morgan fingerprint density at radius 3 is 2.47 bits per heavy atom. The molecular weight excluding hydrogens is 186 g/mol. The van der Waals surface area contributed by atoms with Gasteiger partial charge in [0.25, 0.3) is 0 Å². The Balaban J connectivity index is 2.43. The number of hydrogen-bond acceptors (Lipinski definition) is 3. The molecule has 0 bridgehead atoms. The van der Waals surface area contributed by atoms with E-state index in [2.05, 4.69) is 15.3 Å². The number of nitrogens with zero attached hydrogens (tertiary/aromatic N) is 2. The zero-order valence-corrected chi connectivity index (χ0v) is 8.86. The van der Waals surface area contributed by atoms with Gasteiger partial charge in [-0.3, -0.25) is 0 Å². The second-order valence-corrected chi connectivity index (χ2v) is 3.31. The quantitative estimate of drug-likeness (QED) is 0.807. The first-order chi connectivity index (χ1) is 7.31. The molecule has 2 aromatic rings. The fourth-order valence-corrected chi connectivity index (χ4v) is 1.44. The maximum Gasteiger partial charge on any atom is 0.159 e. The van der Waals surface area contributed by atoms with Crippen molar-refractivity contribution in [1.29, 1.82) is 0 Å². The van der Waals surface area contributed by atoms with Crippen LogP contribution in [-0.2, 0) is 0 Å². The molecule has 0 saturated carbocycles. The summed E-state index contributed by atoms with van der Waals surface area (Å²) in [5, 5.41) is 3.05. The standard InChI is InChI=1S/C12H13N3/c1-9-11(13-2)8-14-12(15-9)10-6-4-3-5-7-10/h3-8,13H,1-2H3. The van der Waals surface area contributed by atoms with Crippen LogP contribution in [-0.4, -0.2) is 17.0 Å².